The smallest absolute Gasteiger partial charge is 0.179 e. The lowest BCUT2D eigenvalue weighted by atomic mass is 9.73. The molecule has 0 fully saturated rings. The van der Waals surface area contributed by atoms with Gasteiger partial charge in [0.05, 0.1) is 27.9 Å². The number of anilines is 3. The molecule has 13 rings (SSSR count). The first kappa shape index (κ1) is 37.5. The van der Waals surface area contributed by atoms with Crippen LogP contribution in [0.5, 0.6) is 0 Å². The number of benzene rings is 8. The van der Waals surface area contributed by atoms with E-state index in [-0.39, 0.29) is 5.41 Å². The predicted molar refractivity (Wildman–Crippen MR) is 273 cm³/mol. The van der Waals surface area contributed by atoms with Crippen molar-refractivity contribution >= 4 is 95.0 Å². The lowest BCUT2D eigenvalue weighted by Gasteiger charge is -2.42. The summed E-state index contributed by atoms with van der Waals surface area (Å²) in [6.45, 7) is 4.74. The summed E-state index contributed by atoms with van der Waals surface area (Å²) >= 11 is 0. The number of pyridine rings is 2. The molecule has 6 heteroatoms. The van der Waals surface area contributed by atoms with Gasteiger partial charge < -0.3 is 4.90 Å². The predicted octanol–water partition coefficient (Wildman–Crippen LogP) is 11.6. The Balaban J connectivity index is 1.17. The second-order valence-electron chi connectivity index (χ2n) is 17.8. The Morgan fingerprint density at radius 3 is 1.83 bits per heavy atom. The monoisotopic (exact) mass is 849 g/mol. The number of aromatic nitrogens is 4. The van der Waals surface area contributed by atoms with E-state index >= 15 is 0 Å². The highest BCUT2D eigenvalue weighted by Crippen LogP contribution is 2.55. The second-order valence-corrected chi connectivity index (χ2v) is 21.6. The number of hydrogen-bond acceptors (Lipinski definition) is 3. The van der Waals surface area contributed by atoms with Crippen LogP contribution >= 0.6 is 0 Å². The first-order valence-corrected chi connectivity index (χ1v) is 24.4. The first-order valence-electron chi connectivity index (χ1n) is 22.4. The van der Waals surface area contributed by atoms with E-state index in [1.165, 1.54) is 64.8 Å². The summed E-state index contributed by atoms with van der Waals surface area (Å²) in [5.41, 5.74) is 10.2. The number of fused-ring (bicyclic) bond motifs is 12. The third-order valence-corrected chi connectivity index (χ3v) is 18.9. The zero-order valence-electron chi connectivity index (χ0n) is 36.1. The van der Waals surface area contributed by atoms with Crippen LogP contribution < -0.4 is 25.6 Å². The summed E-state index contributed by atoms with van der Waals surface area (Å²) in [5, 5.41) is 11.2. The second kappa shape index (κ2) is 14.2. The van der Waals surface area contributed by atoms with Crippen LogP contribution in [0.2, 0.25) is 0 Å². The summed E-state index contributed by atoms with van der Waals surface area (Å²) in [6, 6.07) is 76.5. The lowest BCUT2D eigenvalue weighted by Crippen LogP contribution is -2.74. The zero-order valence-corrected chi connectivity index (χ0v) is 37.1. The lowest BCUT2D eigenvalue weighted by molar-refractivity contribution is 0.633. The fourth-order valence-corrected chi connectivity index (χ4v) is 16.0. The molecule has 0 atom stereocenters. The summed E-state index contributed by atoms with van der Waals surface area (Å²) < 4.78 is 4.69. The minimum absolute atomic E-state index is 0.272. The van der Waals surface area contributed by atoms with Gasteiger partial charge in [0, 0.05) is 51.2 Å². The Morgan fingerprint density at radius 1 is 0.446 bits per heavy atom. The fourth-order valence-electron chi connectivity index (χ4n) is 11.3. The molecular weight excluding hydrogens is 807 g/mol. The molecule has 0 amide bonds. The maximum atomic E-state index is 5.14. The molecule has 308 valence electrons. The van der Waals surface area contributed by atoms with Crippen molar-refractivity contribution < 1.29 is 0 Å². The van der Waals surface area contributed by atoms with Gasteiger partial charge in [-0.2, -0.15) is 0 Å². The van der Waals surface area contributed by atoms with Crippen molar-refractivity contribution in [2.75, 3.05) is 4.90 Å². The molecule has 5 nitrogen and oxygen atoms in total. The quantitative estimate of drug-likeness (QED) is 0.0950. The van der Waals surface area contributed by atoms with Crippen molar-refractivity contribution in [3.8, 4) is 5.82 Å². The van der Waals surface area contributed by atoms with Gasteiger partial charge in [-0.15, -0.1) is 0 Å². The van der Waals surface area contributed by atoms with Crippen molar-refractivity contribution in [2.45, 2.75) is 19.3 Å². The van der Waals surface area contributed by atoms with E-state index in [1.807, 2.05) is 18.5 Å². The Labute approximate surface area is 378 Å². The van der Waals surface area contributed by atoms with Gasteiger partial charge >= 0.3 is 0 Å². The molecule has 1 aliphatic heterocycles. The number of nitrogens with zero attached hydrogens (tertiary/aromatic N) is 5. The standard InChI is InChI=1S/C59H43N5Si/c1-59(2)50-25-13-15-27-53(50)63(40-18-6-3-7-19-40)57-51(59)34-33-48-47-32-30-44(39-54(47)64(56(48)57)55-28-16-17-35-60-55)65(41-20-8-4-9-21-41,42-22-10-5-11-23-42)43-29-31-45-46-24-12-14-26-52(46)62-37-36-61-58(62)49(45)38-43/h3-39H,1-2H3. The van der Waals surface area contributed by atoms with E-state index in [9.17, 15) is 0 Å². The maximum Gasteiger partial charge on any atom is 0.179 e. The van der Waals surface area contributed by atoms with Crippen LogP contribution in [0.4, 0.5) is 17.1 Å². The largest absolute Gasteiger partial charge is 0.308 e. The molecule has 0 bridgehead atoms. The third kappa shape index (κ3) is 5.32. The first-order chi connectivity index (χ1) is 32.0. The molecule has 65 heavy (non-hydrogen) atoms. The maximum absolute atomic E-state index is 5.14. The van der Waals surface area contributed by atoms with E-state index in [0.29, 0.717) is 0 Å². The molecule has 0 aliphatic carbocycles. The highest BCUT2D eigenvalue weighted by atomic mass is 28.3. The normalized spacial score (nSPS) is 13.5. The molecule has 0 saturated heterocycles. The zero-order chi connectivity index (χ0) is 43.3. The Kier molecular flexibility index (Phi) is 8.20. The topological polar surface area (TPSA) is 38.4 Å². The van der Waals surface area contributed by atoms with Crippen LogP contribution in [-0.4, -0.2) is 27.0 Å². The summed E-state index contributed by atoms with van der Waals surface area (Å²) in [7, 11) is -3.09. The average molecular weight is 850 g/mol. The Morgan fingerprint density at radius 2 is 1.08 bits per heavy atom. The number of imidazole rings is 1. The van der Waals surface area contributed by atoms with Gasteiger partial charge in [-0.05, 0) is 79.7 Å². The van der Waals surface area contributed by atoms with Gasteiger partial charge in [-0.3, -0.25) is 8.97 Å². The van der Waals surface area contributed by atoms with E-state index in [0.717, 1.165) is 39.1 Å². The van der Waals surface area contributed by atoms with Gasteiger partial charge in [-0.1, -0.05) is 178 Å². The Hall–Kier alpha value is -8.06. The molecular formula is C59H43N5Si. The van der Waals surface area contributed by atoms with Gasteiger partial charge in [0.1, 0.15) is 11.5 Å². The average Bonchev–Trinajstić information content (AvgIpc) is 4.00. The van der Waals surface area contributed by atoms with Crippen LogP contribution in [0.25, 0.3) is 54.9 Å². The van der Waals surface area contributed by atoms with E-state index in [4.69, 9.17) is 9.97 Å². The summed E-state index contributed by atoms with van der Waals surface area (Å²) in [4.78, 5) is 12.6. The highest BCUT2D eigenvalue weighted by molar-refractivity contribution is 7.20. The van der Waals surface area contributed by atoms with Crippen LogP contribution in [-0.2, 0) is 5.41 Å². The van der Waals surface area contributed by atoms with Crippen LogP contribution in [0, 0.1) is 0 Å². The molecule has 0 saturated carbocycles. The van der Waals surface area contributed by atoms with Crippen molar-refractivity contribution in [1.82, 2.24) is 18.9 Å². The van der Waals surface area contributed by atoms with Gasteiger partial charge in [0.15, 0.2) is 8.07 Å². The molecule has 5 heterocycles. The number of para-hydroxylation sites is 3. The molecule has 0 N–H and O–H groups in total. The van der Waals surface area contributed by atoms with Gasteiger partial charge in [0.25, 0.3) is 0 Å². The highest BCUT2D eigenvalue weighted by Gasteiger charge is 2.43. The van der Waals surface area contributed by atoms with Crippen molar-refractivity contribution in [1.29, 1.82) is 0 Å². The SMILES string of the molecule is CC1(C)c2ccccc2N(c2ccccc2)c2c1ccc1c3ccc([Si](c4ccccc4)(c4ccccc4)c4ccc5c6ccccc6n6ccnc6c5c4)cc3n(-c3ccccn3)c21. The Bertz CT molecular complexity index is 3760. The van der Waals surface area contributed by atoms with Gasteiger partial charge in [-0.25, -0.2) is 9.97 Å². The fraction of sp³-hybridized carbons (Fsp3) is 0.0508. The molecule has 12 aromatic rings. The molecule has 0 spiro atoms. The molecule has 0 unspecified atom stereocenters. The summed E-state index contributed by atoms with van der Waals surface area (Å²) in [6.07, 6.45) is 5.93. The van der Waals surface area contributed by atoms with Crippen molar-refractivity contribution in [3.63, 3.8) is 0 Å². The number of rotatable bonds is 6. The van der Waals surface area contributed by atoms with Crippen LogP contribution in [0.3, 0.4) is 0 Å². The van der Waals surface area contributed by atoms with E-state index in [1.54, 1.807) is 0 Å². The van der Waals surface area contributed by atoms with Crippen LogP contribution in [0.1, 0.15) is 25.0 Å². The van der Waals surface area contributed by atoms with Gasteiger partial charge in [0.2, 0.25) is 0 Å². The van der Waals surface area contributed by atoms with Crippen molar-refractivity contribution in [3.05, 3.63) is 236 Å². The van der Waals surface area contributed by atoms with E-state index < -0.39 is 8.07 Å². The molecule has 4 aromatic heterocycles. The minimum atomic E-state index is -3.09. The molecule has 8 aromatic carbocycles. The number of hydrogen-bond donors (Lipinski definition) is 0. The third-order valence-electron chi connectivity index (χ3n) is 14.1. The van der Waals surface area contributed by atoms with Crippen molar-refractivity contribution in [2.24, 2.45) is 0 Å². The van der Waals surface area contributed by atoms with E-state index in [2.05, 4.69) is 234 Å². The van der Waals surface area contributed by atoms with Crippen LogP contribution in [0.15, 0.2) is 225 Å². The molecule has 1 aliphatic rings. The molecule has 0 radical (unpaired) electrons. The summed E-state index contributed by atoms with van der Waals surface area (Å²) in [5.74, 6) is 0.883. The minimum Gasteiger partial charge on any atom is -0.308 e.